The fourth-order valence-electron chi connectivity index (χ4n) is 1.45. The Labute approximate surface area is 117 Å². The number of benzene rings is 1. The molecule has 2 rings (SSSR count). The Kier molecular flexibility index (Phi) is 4.34. The second-order valence-electron chi connectivity index (χ2n) is 3.73. The minimum absolute atomic E-state index is 0.0796. The molecular formula is C13H9ClF3NO2. The van der Waals surface area contributed by atoms with Gasteiger partial charge in [-0.25, -0.2) is 4.98 Å². The van der Waals surface area contributed by atoms with E-state index in [-0.39, 0.29) is 17.5 Å². The molecule has 0 saturated carbocycles. The van der Waals surface area contributed by atoms with Crippen LogP contribution in [0.1, 0.15) is 5.56 Å². The first-order chi connectivity index (χ1) is 9.48. The zero-order chi connectivity index (χ0) is 14.6. The van der Waals surface area contributed by atoms with Crippen molar-refractivity contribution in [2.45, 2.75) is 12.2 Å². The third-order valence-electron chi connectivity index (χ3n) is 2.24. The van der Waals surface area contributed by atoms with E-state index in [4.69, 9.17) is 16.3 Å². The highest BCUT2D eigenvalue weighted by molar-refractivity contribution is 6.17. The van der Waals surface area contributed by atoms with E-state index in [0.29, 0.717) is 0 Å². The number of hydrogen-bond donors (Lipinski definition) is 0. The lowest BCUT2D eigenvalue weighted by Gasteiger charge is -2.13. The van der Waals surface area contributed by atoms with Crippen molar-refractivity contribution in [1.82, 2.24) is 4.98 Å². The molecular weight excluding hydrogens is 295 g/mol. The Morgan fingerprint density at radius 3 is 2.45 bits per heavy atom. The summed E-state index contributed by atoms with van der Waals surface area (Å²) in [5.74, 6) is -0.122. The maximum Gasteiger partial charge on any atom is 0.573 e. The van der Waals surface area contributed by atoms with E-state index in [0.717, 1.165) is 11.6 Å². The van der Waals surface area contributed by atoms with Crippen LogP contribution < -0.4 is 9.47 Å². The zero-order valence-electron chi connectivity index (χ0n) is 10.0. The fraction of sp³-hybridized carbons (Fsp3) is 0.154. The molecule has 3 nitrogen and oxygen atoms in total. The Balaban J connectivity index is 2.24. The van der Waals surface area contributed by atoms with Gasteiger partial charge in [0.1, 0.15) is 0 Å². The van der Waals surface area contributed by atoms with Gasteiger partial charge < -0.3 is 9.47 Å². The van der Waals surface area contributed by atoms with Gasteiger partial charge in [0.05, 0.1) is 0 Å². The number of para-hydroxylation sites is 2. The minimum Gasteiger partial charge on any atom is -0.435 e. The van der Waals surface area contributed by atoms with Gasteiger partial charge >= 0.3 is 6.36 Å². The van der Waals surface area contributed by atoms with Gasteiger partial charge in [0.25, 0.3) is 0 Å². The number of rotatable bonds is 4. The number of ether oxygens (including phenoxy) is 2. The maximum atomic E-state index is 12.3. The van der Waals surface area contributed by atoms with E-state index in [1.165, 1.54) is 30.5 Å². The number of nitrogens with zero attached hydrogens (tertiary/aromatic N) is 1. The summed E-state index contributed by atoms with van der Waals surface area (Å²) in [6, 6.07) is 8.68. The highest BCUT2D eigenvalue weighted by atomic mass is 35.5. The molecule has 0 atom stereocenters. The molecule has 0 unspecified atom stereocenters. The van der Waals surface area contributed by atoms with Crippen LogP contribution in [0.3, 0.4) is 0 Å². The number of halogens is 4. The van der Waals surface area contributed by atoms with Crippen molar-refractivity contribution in [3.05, 3.63) is 48.2 Å². The molecule has 0 radical (unpaired) electrons. The first-order valence-electron chi connectivity index (χ1n) is 5.51. The van der Waals surface area contributed by atoms with Gasteiger partial charge in [0.2, 0.25) is 5.88 Å². The first-order valence-corrected chi connectivity index (χ1v) is 6.05. The molecule has 1 heterocycles. The number of alkyl halides is 4. The van der Waals surface area contributed by atoms with Gasteiger partial charge in [-0.3, -0.25) is 0 Å². The van der Waals surface area contributed by atoms with Crippen LogP contribution in [0.5, 0.6) is 17.4 Å². The molecule has 0 aliphatic heterocycles. The summed E-state index contributed by atoms with van der Waals surface area (Å²) in [6.45, 7) is 0. The van der Waals surface area contributed by atoms with Gasteiger partial charge in [-0.15, -0.1) is 24.8 Å². The molecule has 0 spiro atoms. The molecule has 0 N–H and O–H groups in total. The van der Waals surface area contributed by atoms with Gasteiger partial charge in [-0.05, 0) is 23.8 Å². The summed E-state index contributed by atoms with van der Waals surface area (Å²) < 4.78 is 46.0. The predicted molar refractivity (Wildman–Crippen MR) is 67.0 cm³/mol. The molecule has 7 heteroatoms. The Bertz CT molecular complexity index is 590. The normalized spacial score (nSPS) is 11.2. The molecule has 0 saturated heterocycles. The third-order valence-corrected chi connectivity index (χ3v) is 2.55. The summed E-state index contributed by atoms with van der Waals surface area (Å²) in [7, 11) is 0. The van der Waals surface area contributed by atoms with E-state index in [1.807, 2.05) is 0 Å². The van der Waals surface area contributed by atoms with Crippen LogP contribution in [-0.4, -0.2) is 11.3 Å². The summed E-state index contributed by atoms with van der Waals surface area (Å²) >= 11 is 5.66. The zero-order valence-corrected chi connectivity index (χ0v) is 10.8. The number of aromatic nitrogens is 1. The van der Waals surface area contributed by atoms with E-state index >= 15 is 0 Å². The molecule has 2 aromatic rings. The predicted octanol–water partition coefficient (Wildman–Crippen LogP) is 4.51. The van der Waals surface area contributed by atoms with Gasteiger partial charge in [-0.1, -0.05) is 12.1 Å². The van der Waals surface area contributed by atoms with Gasteiger partial charge in [0.15, 0.2) is 11.5 Å². The molecule has 0 aliphatic rings. The van der Waals surface area contributed by atoms with Crippen LogP contribution in [0.15, 0.2) is 42.6 Å². The lowest BCUT2D eigenvalue weighted by atomic mass is 10.3. The average molecular weight is 304 g/mol. The maximum absolute atomic E-state index is 12.3. The quantitative estimate of drug-likeness (QED) is 0.779. The first kappa shape index (κ1) is 14.5. The minimum atomic E-state index is -4.79. The molecule has 20 heavy (non-hydrogen) atoms. The standard InChI is InChI=1S/C13H9ClF3NO2/c14-8-9-5-6-18-12(7-9)19-10-3-1-2-4-11(10)20-13(15,16)17/h1-7H,8H2. The largest absolute Gasteiger partial charge is 0.573 e. The summed E-state index contributed by atoms with van der Waals surface area (Å²) in [4.78, 5) is 3.90. The van der Waals surface area contributed by atoms with Gasteiger partial charge in [0, 0.05) is 18.1 Å². The number of pyridine rings is 1. The Morgan fingerprint density at radius 1 is 1.10 bits per heavy atom. The molecule has 1 aromatic heterocycles. The smallest absolute Gasteiger partial charge is 0.435 e. The highest BCUT2D eigenvalue weighted by Crippen LogP contribution is 2.34. The van der Waals surface area contributed by atoms with Crippen LogP contribution in [0.2, 0.25) is 0 Å². The van der Waals surface area contributed by atoms with Crippen LogP contribution in [-0.2, 0) is 5.88 Å². The van der Waals surface area contributed by atoms with E-state index in [1.54, 1.807) is 6.07 Å². The summed E-state index contributed by atoms with van der Waals surface area (Å²) in [6.07, 6.45) is -3.33. The van der Waals surface area contributed by atoms with Crippen LogP contribution in [0, 0.1) is 0 Å². The molecule has 106 valence electrons. The molecule has 0 bridgehead atoms. The molecule has 1 aromatic carbocycles. The molecule has 0 aliphatic carbocycles. The Hall–Kier alpha value is -1.95. The lowest BCUT2D eigenvalue weighted by molar-refractivity contribution is -0.275. The lowest BCUT2D eigenvalue weighted by Crippen LogP contribution is -2.17. The topological polar surface area (TPSA) is 31.4 Å². The summed E-state index contributed by atoms with van der Waals surface area (Å²) in [5.41, 5.74) is 0.742. The SMILES string of the molecule is FC(F)(F)Oc1ccccc1Oc1cc(CCl)ccn1. The van der Waals surface area contributed by atoms with Crippen molar-refractivity contribution in [2.24, 2.45) is 0 Å². The van der Waals surface area contributed by atoms with E-state index < -0.39 is 12.1 Å². The van der Waals surface area contributed by atoms with Crippen molar-refractivity contribution in [2.75, 3.05) is 0 Å². The van der Waals surface area contributed by atoms with Gasteiger partial charge in [-0.2, -0.15) is 0 Å². The van der Waals surface area contributed by atoms with Crippen molar-refractivity contribution in [1.29, 1.82) is 0 Å². The molecule has 0 fully saturated rings. The van der Waals surface area contributed by atoms with E-state index in [9.17, 15) is 13.2 Å². The second-order valence-corrected chi connectivity index (χ2v) is 4.00. The summed E-state index contributed by atoms with van der Waals surface area (Å²) in [5, 5.41) is 0. The monoisotopic (exact) mass is 303 g/mol. The molecule has 0 amide bonds. The van der Waals surface area contributed by atoms with E-state index in [2.05, 4.69) is 9.72 Å². The van der Waals surface area contributed by atoms with Crippen molar-refractivity contribution < 1.29 is 22.6 Å². The van der Waals surface area contributed by atoms with Crippen molar-refractivity contribution in [3.8, 4) is 17.4 Å². The van der Waals surface area contributed by atoms with Crippen LogP contribution >= 0.6 is 11.6 Å². The number of hydrogen-bond acceptors (Lipinski definition) is 3. The van der Waals surface area contributed by atoms with Crippen molar-refractivity contribution in [3.63, 3.8) is 0 Å². The highest BCUT2D eigenvalue weighted by Gasteiger charge is 2.32. The second kappa shape index (κ2) is 6.00. The Morgan fingerprint density at radius 2 is 1.80 bits per heavy atom. The van der Waals surface area contributed by atoms with Crippen LogP contribution in [0.4, 0.5) is 13.2 Å². The third kappa shape index (κ3) is 4.03. The van der Waals surface area contributed by atoms with Crippen LogP contribution in [0.25, 0.3) is 0 Å². The average Bonchev–Trinajstić information content (AvgIpc) is 2.40. The fourth-order valence-corrected chi connectivity index (χ4v) is 1.61. The van der Waals surface area contributed by atoms with Crippen molar-refractivity contribution >= 4 is 11.6 Å².